The van der Waals surface area contributed by atoms with Gasteiger partial charge in [-0.3, -0.25) is 10.1 Å². The van der Waals surface area contributed by atoms with Crippen LogP contribution < -0.4 is 5.32 Å². The third kappa shape index (κ3) is 3.72. The number of thiazole rings is 1. The zero-order chi connectivity index (χ0) is 18.2. The number of carbonyl (C=O) groups excluding carboxylic acids is 1. The van der Waals surface area contributed by atoms with Crippen molar-refractivity contribution in [1.29, 1.82) is 0 Å². The van der Waals surface area contributed by atoms with E-state index in [0.29, 0.717) is 11.0 Å². The topological polar surface area (TPSA) is 76.1 Å². The number of halogens is 2. The van der Waals surface area contributed by atoms with E-state index in [1.165, 1.54) is 28.3 Å². The van der Waals surface area contributed by atoms with Crippen molar-refractivity contribution in [1.82, 2.24) is 4.98 Å². The van der Waals surface area contributed by atoms with Crippen molar-refractivity contribution in [2.75, 3.05) is 5.32 Å². The molecule has 1 aromatic carbocycles. The van der Waals surface area contributed by atoms with Gasteiger partial charge in [0.2, 0.25) is 9.84 Å². The average Bonchev–Trinajstić information content (AvgIpc) is 2.96. The minimum absolute atomic E-state index is 0.176. The van der Waals surface area contributed by atoms with Crippen LogP contribution in [0.1, 0.15) is 34.3 Å². The molecule has 2 aromatic rings. The number of alkyl halides is 2. The molecule has 1 aromatic heterocycles. The van der Waals surface area contributed by atoms with E-state index in [4.69, 9.17) is 0 Å². The monoisotopic (exact) mass is 386 g/mol. The highest BCUT2D eigenvalue weighted by atomic mass is 32.2. The Balaban J connectivity index is 1.74. The van der Waals surface area contributed by atoms with Gasteiger partial charge in [0.05, 0.1) is 10.6 Å². The molecule has 5 nitrogen and oxygen atoms in total. The SMILES string of the molecule is CC1CCc2nc(NC(=O)c3ccc(S(=O)(=O)C(F)F)cc3)sc2C1. The van der Waals surface area contributed by atoms with Crippen LogP contribution in [0.4, 0.5) is 13.9 Å². The fourth-order valence-electron chi connectivity index (χ4n) is 2.66. The van der Waals surface area contributed by atoms with E-state index in [1.54, 1.807) is 0 Å². The van der Waals surface area contributed by atoms with Gasteiger partial charge >= 0.3 is 5.76 Å². The lowest BCUT2D eigenvalue weighted by molar-refractivity contribution is 0.102. The van der Waals surface area contributed by atoms with Crippen LogP contribution in [0.2, 0.25) is 0 Å². The van der Waals surface area contributed by atoms with Crippen molar-refractivity contribution in [3.05, 3.63) is 40.4 Å². The Bertz CT molecular complexity index is 893. The number of carbonyl (C=O) groups is 1. The van der Waals surface area contributed by atoms with Crippen LogP contribution in [0.15, 0.2) is 29.2 Å². The average molecular weight is 386 g/mol. The van der Waals surface area contributed by atoms with Crippen molar-refractivity contribution >= 4 is 32.2 Å². The zero-order valence-electron chi connectivity index (χ0n) is 13.3. The summed E-state index contributed by atoms with van der Waals surface area (Å²) < 4.78 is 47.8. The number of rotatable bonds is 4. The molecule has 1 atom stereocenters. The number of anilines is 1. The Hall–Kier alpha value is -1.87. The maximum Gasteiger partial charge on any atom is 0.341 e. The number of hydrogen-bond donors (Lipinski definition) is 1. The standard InChI is InChI=1S/C16H16F2N2O3S2/c1-9-2-7-12-13(8-9)24-16(19-12)20-14(21)10-3-5-11(6-4-10)25(22,23)15(17)18/h3-6,9,15H,2,7-8H2,1H3,(H,19,20,21). The minimum atomic E-state index is -4.66. The summed E-state index contributed by atoms with van der Waals surface area (Å²) in [4.78, 5) is 17.3. The molecule has 134 valence electrons. The van der Waals surface area contributed by atoms with E-state index in [0.717, 1.165) is 37.1 Å². The van der Waals surface area contributed by atoms with Gasteiger partial charge in [-0.25, -0.2) is 13.4 Å². The summed E-state index contributed by atoms with van der Waals surface area (Å²) in [5.41, 5.74) is 1.19. The molecule has 1 unspecified atom stereocenters. The summed E-state index contributed by atoms with van der Waals surface area (Å²) in [6.07, 6.45) is 2.91. The molecule has 1 aliphatic rings. The summed E-state index contributed by atoms with van der Waals surface area (Å²) in [5, 5.41) is 3.18. The van der Waals surface area contributed by atoms with Gasteiger partial charge in [-0.2, -0.15) is 8.78 Å². The summed E-state index contributed by atoms with van der Waals surface area (Å²) >= 11 is 1.44. The van der Waals surface area contributed by atoms with Crippen LogP contribution in [0.5, 0.6) is 0 Å². The molecule has 0 saturated heterocycles. The first kappa shape index (κ1) is 17.9. The van der Waals surface area contributed by atoms with Crippen LogP contribution in [0, 0.1) is 5.92 Å². The van der Waals surface area contributed by atoms with Gasteiger partial charge in [0.15, 0.2) is 5.13 Å². The van der Waals surface area contributed by atoms with Crippen LogP contribution >= 0.6 is 11.3 Å². The fourth-order valence-corrected chi connectivity index (χ4v) is 4.55. The van der Waals surface area contributed by atoms with Gasteiger partial charge in [0.1, 0.15) is 0 Å². The molecule has 3 rings (SSSR count). The minimum Gasteiger partial charge on any atom is -0.298 e. The highest BCUT2D eigenvalue weighted by molar-refractivity contribution is 7.91. The van der Waals surface area contributed by atoms with Gasteiger partial charge in [0.25, 0.3) is 5.91 Å². The van der Waals surface area contributed by atoms with E-state index in [-0.39, 0.29) is 5.56 Å². The van der Waals surface area contributed by atoms with Gasteiger partial charge < -0.3 is 0 Å². The molecule has 0 fully saturated rings. The molecule has 1 N–H and O–H groups in total. The number of sulfone groups is 1. The molecule has 0 bridgehead atoms. The summed E-state index contributed by atoms with van der Waals surface area (Å²) in [6, 6.07) is 4.43. The molecule has 1 aliphatic carbocycles. The lowest BCUT2D eigenvalue weighted by Gasteiger charge is -2.15. The zero-order valence-corrected chi connectivity index (χ0v) is 15.0. The molecule has 0 saturated carbocycles. The molecule has 0 spiro atoms. The van der Waals surface area contributed by atoms with Crippen molar-refractivity contribution < 1.29 is 22.0 Å². The van der Waals surface area contributed by atoms with Gasteiger partial charge in [-0.1, -0.05) is 6.92 Å². The van der Waals surface area contributed by atoms with Crippen LogP contribution in [-0.4, -0.2) is 25.1 Å². The van der Waals surface area contributed by atoms with Crippen LogP contribution in [0.25, 0.3) is 0 Å². The van der Waals surface area contributed by atoms with Gasteiger partial charge in [-0.15, -0.1) is 11.3 Å². The predicted molar refractivity (Wildman–Crippen MR) is 90.9 cm³/mol. The number of benzene rings is 1. The molecule has 0 radical (unpaired) electrons. The Labute approximate surface area is 148 Å². The first-order chi connectivity index (χ1) is 11.8. The van der Waals surface area contributed by atoms with E-state index >= 15 is 0 Å². The highest BCUT2D eigenvalue weighted by Crippen LogP contribution is 2.32. The molecule has 1 amide bonds. The maximum atomic E-state index is 12.5. The van der Waals surface area contributed by atoms with E-state index in [2.05, 4.69) is 17.2 Å². The van der Waals surface area contributed by atoms with E-state index in [1.807, 2.05) is 0 Å². The third-order valence-electron chi connectivity index (χ3n) is 4.09. The number of fused-ring (bicyclic) bond motifs is 1. The lowest BCUT2D eigenvalue weighted by atomic mass is 9.93. The Morgan fingerprint density at radius 1 is 1.32 bits per heavy atom. The smallest absolute Gasteiger partial charge is 0.298 e. The second-order valence-corrected chi connectivity index (χ2v) is 9.02. The quantitative estimate of drug-likeness (QED) is 0.872. The van der Waals surface area contributed by atoms with Crippen molar-refractivity contribution in [2.24, 2.45) is 5.92 Å². The van der Waals surface area contributed by atoms with Crippen molar-refractivity contribution in [2.45, 2.75) is 36.8 Å². The Morgan fingerprint density at radius 2 is 2.00 bits per heavy atom. The van der Waals surface area contributed by atoms with E-state index < -0.39 is 26.4 Å². The van der Waals surface area contributed by atoms with Crippen LogP contribution in [0.3, 0.4) is 0 Å². The second-order valence-electron chi connectivity index (χ2n) is 6.02. The number of hydrogen-bond acceptors (Lipinski definition) is 5. The fraction of sp³-hybridized carbons (Fsp3) is 0.375. The highest BCUT2D eigenvalue weighted by Gasteiger charge is 2.26. The number of aryl methyl sites for hydroxylation is 1. The lowest BCUT2D eigenvalue weighted by Crippen LogP contribution is -2.14. The summed E-state index contributed by atoms with van der Waals surface area (Å²) in [5.74, 6) is -3.35. The van der Waals surface area contributed by atoms with Crippen molar-refractivity contribution in [3.63, 3.8) is 0 Å². The Kier molecular flexibility index (Phi) is 4.88. The van der Waals surface area contributed by atoms with E-state index in [9.17, 15) is 22.0 Å². The Morgan fingerprint density at radius 3 is 2.64 bits per heavy atom. The molecular weight excluding hydrogens is 370 g/mol. The predicted octanol–water partition coefficient (Wildman–Crippen LogP) is 3.52. The third-order valence-corrected chi connectivity index (χ3v) is 6.52. The van der Waals surface area contributed by atoms with Gasteiger partial charge in [-0.05, 0) is 49.4 Å². The summed E-state index contributed by atoms with van der Waals surface area (Å²) in [6.45, 7) is 2.18. The number of nitrogens with zero attached hydrogens (tertiary/aromatic N) is 1. The first-order valence-corrected chi connectivity index (χ1v) is 10.1. The largest absolute Gasteiger partial charge is 0.341 e. The molecule has 0 aliphatic heterocycles. The number of aromatic nitrogens is 1. The summed E-state index contributed by atoms with van der Waals surface area (Å²) in [7, 11) is -4.66. The normalized spacial score (nSPS) is 17.4. The maximum absolute atomic E-state index is 12.5. The van der Waals surface area contributed by atoms with Crippen molar-refractivity contribution in [3.8, 4) is 0 Å². The number of nitrogens with one attached hydrogen (secondary N) is 1. The number of amides is 1. The second kappa shape index (κ2) is 6.80. The van der Waals surface area contributed by atoms with Gasteiger partial charge in [0, 0.05) is 10.4 Å². The first-order valence-electron chi connectivity index (χ1n) is 7.69. The molecule has 9 heteroatoms. The molecular formula is C16H16F2N2O3S2. The van der Waals surface area contributed by atoms with Crippen LogP contribution in [-0.2, 0) is 22.7 Å². The molecule has 1 heterocycles. The molecule has 25 heavy (non-hydrogen) atoms.